The highest BCUT2D eigenvalue weighted by molar-refractivity contribution is 6.30. The van der Waals surface area contributed by atoms with Gasteiger partial charge in [0, 0.05) is 55.1 Å². The van der Waals surface area contributed by atoms with E-state index in [-0.39, 0.29) is 5.91 Å². The number of halogens is 1. The van der Waals surface area contributed by atoms with Crippen LogP contribution in [0.25, 0.3) is 16.9 Å². The molecule has 3 aromatic rings. The molecule has 37 heavy (non-hydrogen) atoms. The summed E-state index contributed by atoms with van der Waals surface area (Å²) in [5.74, 6) is 0.614. The molecule has 2 aliphatic heterocycles. The molecule has 0 bridgehead atoms. The Bertz CT molecular complexity index is 1360. The Labute approximate surface area is 221 Å². The van der Waals surface area contributed by atoms with Crippen LogP contribution in [0.3, 0.4) is 0 Å². The molecule has 5 rings (SSSR count). The minimum atomic E-state index is -0.646. The van der Waals surface area contributed by atoms with Crippen LogP contribution in [0.1, 0.15) is 59.2 Å². The minimum Gasteiger partial charge on any atom is -0.444 e. The fraction of sp³-hybridized carbons (Fsp3) is 0.500. The maximum Gasteiger partial charge on any atom is 0.410 e. The lowest BCUT2D eigenvalue weighted by Gasteiger charge is -2.46. The second kappa shape index (κ2) is 9.25. The Balaban J connectivity index is 1.74. The summed E-state index contributed by atoms with van der Waals surface area (Å²) in [5, 5.41) is 4.78. The first-order valence-corrected chi connectivity index (χ1v) is 12.9. The van der Waals surface area contributed by atoms with Gasteiger partial charge in [-0.15, -0.1) is 0 Å². The van der Waals surface area contributed by atoms with Crippen LogP contribution in [0, 0.1) is 0 Å². The molecule has 196 valence electrons. The second-order valence-electron chi connectivity index (χ2n) is 11.0. The molecular formula is C26H32ClN7O3. The summed E-state index contributed by atoms with van der Waals surface area (Å²) in [7, 11) is 0. The predicted octanol–water partition coefficient (Wildman–Crippen LogP) is 4.26. The Morgan fingerprint density at radius 3 is 2.68 bits per heavy atom. The Hall–Kier alpha value is -3.24. The van der Waals surface area contributed by atoms with E-state index in [0.29, 0.717) is 59.3 Å². The molecule has 2 aliphatic rings. The van der Waals surface area contributed by atoms with Crippen molar-refractivity contribution in [1.82, 2.24) is 29.7 Å². The number of aromatic nitrogens is 4. The van der Waals surface area contributed by atoms with Gasteiger partial charge in [-0.3, -0.25) is 14.3 Å². The van der Waals surface area contributed by atoms with Crippen LogP contribution >= 0.6 is 11.6 Å². The van der Waals surface area contributed by atoms with E-state index in [1.807, 2.05) is 45.4 Å². The van der Waals surface area contributed by atoms with Gasteiger partial charge in [-0.1, -0.05) is 11.6 Å². The summed E-state index contributed by atoms with van der Waals surface area (Å²) < 4.78 is 7.62. The van der Waals surface area contributed by atoms with Crippen molar-refractivity contribution in [2.24, 2.45) is 0 Å². The fourth-order valence-corrected chi connectivity index (χ4v) is 5.36. The molecule has 10 nitrogen and oxygen atoms in total. The standard InChI is InChI=1S/C26H32ClN7O3/c1-25(2,3)37-24(36)33-12-10-31-26(4,5)22(33)21-20-17(32-11-6-7-19(32)35)14-34(23(20)30-15-29-21)18-13-16(27)8-9-28-18/h8-9,13-15,22,31H,6-7,10-12H2,1-5H3. The molecule has 1 atom stereocenters. The third-order valence-corrected chi connectivity index (χ3v) is 6.96. The number of nitrogens with zero attached hydrogens (tertiary/aromatic N) is 6. The Kier molecular flexibility index (Phi) is 6.35. The molecule has 0 radical (unpaired) electrons. The molecule has 2 amide bonds. The van der Waals surface area contributed by atoms with Crippen molar-refractivity contribution in [3.63, 3.8) is 0 Å². The van der Waals surface area contributed by atoms with E-state index >= 15 is 0 Å². The molecule has 0 aromatic carbocycles. The quantitative estimate of drug-likeness (QED) is 0.544. The number of hydrogen-bond acceptors (Lipinski definition) is 7. The number of pyridine rings is 1. The van der Waals surface area contributed by atoms with Crippen LogP contribution in [-0.4, -0.2) is 67.2 Å². The number of carbonyl (C=O) groups excluding carboxylic acids is 2. The average molecular weight is 526 g/mol. The van der Waals surface area contributed by atoms with Gasteiger partial charge in [-0.2, -0.15) is 0 Å². The lowest BCUT2D eigenvalue weighted by molar-refractivity contribution is -0.117. The SMILES string of the molecule is CC(C)(C)OC(=O)N1CCNC(C)(C)C1c1ncnc2c1c(N1CCCC1=O)cn2-c1cc(Cl)ccn1. The molecule has 11 heteroatoms. The van der Waals surface area contributed by atoms with Crippen LogP contribution in [0.5, 0.6) is 0 Å². The maximum absolute atomic E-state index is 13.4. The number of hydrogen-bond donors (Lipinski definition) is 1. The minimum absolute atomic E-state index is 0.0398. The number of anilines is 1. The summed E-state index contributed by atoms with van der Waals surface area (Å²) in [4.78, 5) is 43.7. The highest BCUT2D eigenvalue weighted by atomic mass is 35.5. The van der Waals surface area contributed by atoms with Gasteiger partial charge >= 0.3 is 6.09 Å². The van der Waals surface area contributed by atoms with Crippen molar-refractivity contribution < 1.29 is 14.3 Å². The van der Waals surface area contributed by atoms with E-state index in [4.69, 9.17) is 21.3 Å². The van der Waals surface area contributed by atoms with Crippen molar-refractivity contribution in [3.05, 3.63) is 41.6 Å². The molecule has 1 unspecified atom stereocenters. The van der Waals surface area contributed by atoms with Gasteiger partial charge in [0.15, 0.2) is 5.65 Å². The second-order valence-corrected chi connectivity index (χ2v) is 11.5. The number of rotatable bonds is 3. The number of amides is 2. The van der Waals surface area contributed by atoms with Gasteiger partial charge in [0.1, 0.15) is 17.7 Å². The zero-order valence-corrected chi connectivity index (χ0v) is 22.5. The summed E-state index contributed by atoms with van der Waals surface area (Å²) in [6.45, 7) is 11.3. The lowest BCUT2D eigenvalue weighted by atomic mass is 9.87. The molecule has 2 saturated heterocycles. The molecule has 0 saturated carbocycles. The molecular weight excluding hydrogens is 494 g/mol. The lowest BCUT2D eigenvalue weighted by Crippen LogP contribution is -2.61. The fourth-order valence-electron chi connectivity index (χ4n) is 5.20. The smallest absolute Gasteiger partial charge is 0.410 e. The van der Waals surface area contributed by atoms with Gasteiger partial charge in [-0.05, 0) is 47.1 Å². The number of nitrogens with one attached hydrogen (secondary N) is 1. The number of fused-ring (bicyclic) bond motifs is 1. The summed E-state index contributed by atoms with van der Waals surface area (Å²) in [6.07, 6.45) is 5.83. The topological polar surface area (TPSA) is 105 Å². The van der Waals surface area contributed by atoms with Crippen molar-refractivity contribution in [2.45, 2.75) is 64.6 Å². The molecule has 0 spiro atoms. The Morgan fingerprint density at radius 1 is 1.22 bits per heavy atom. The number of carbonyl (C=O) groups is 2. The predicted molar refractivity (Wildman–Crippen MR) is 141 cm³/mol. The first-order chi connectivity index (χ1) is 17.5. The van der Waals surface area contributed by atoms with E-state index in [2.05, 4.69) is 15.3 Å². The molecule has 3 aromatic heterocycles. The number of piperazine rings is 1. The molecule has 2 fully saturated rings. The average Bonchev–Trinajstić information content (AvgIpc) is 3.40. The highest BCUT2D eigenvalue weighted by Crippen LogP contribution is 2.42. The zero-order chi connectivity index (χ0) is 26.5. The van der Waals surface area contributed by atoms with E-state index < -0.39 is 23.3 Å². The van der Waals surface area contributed by atoms with Gasteiger partial charge in [0.05, 0.1) is 22.8 Å². The van der Waals surface area contributed by atoms with Crippen LogP contribution in [0.15, 0.2) is 30.9 Å². The first-order valence-electron chi connectivity index (χ1n) is 12.5. The zero-order valence-electron chi connectivity index (χ0n) is 21.8. The largest absolute Gasteiger partial charge is 0.444 e. The van der Waals surface area contributed by atoms with Crippen molar-refractivity contribution in [1.29, 1.82) is 0 Å². The van der Waals surface area contributed by atoms with Crippen LogP contribution in [0.4, 0.5) is 10.5 Å². The summed E-state index contributed by atoms with van der Waals surface area (Å²) in [5.41, 5.74) is 0.731. The normalized spacial score (nSPS) is 20.1. The van der Waals surface area contributed by atoms with Gasteiger partial charge in [0.2, 0.25) is 5.91 Å². The van der Waals surface area contributed by atoms with Gasteiger partial charge in [0.25, 0.3) is 0 Å². The Morgan fingerprint density at radius 2 is 2.00 bits per heavy atom. The highest BCUT2D eigenvalue weighted by Gasteiger charge is 2.45. The van der Waals surface area contributed by atoms with E-state index in [1.54, 1.807) is 28.1 Å². The molecule has 1 N–H and O–H groups in total. The van der Waals surface area contributed by atoms with Crippen molar-refractivity contribution in [3.8, 4) is 5.82 Å². The van der Waals surface area contributed by atoms with Crippen molar-refractivity contribution >= 4 is 40.3 Å². The maximum atomic E-state index is 13.4. The molecule has 0 aliphatic carbocycles. The summed E-state index contributed by atoms with van der Waals surface area (Å²) >= 11 is 6.28. The van der Waals surface area contributed by atoms with Gasteiger partial charge in [-0.25, -0.2) is 19.7 Å². The van der Waals surface area contributed by atoms with Crippen molar-refractivity contribution in [2.75, 3.05) is 24.5 Å². The van der Waals surface area contributed by atoms with Gasteiger partial charge < -0.3 is 15.0 Å². The monoisotopic (exact) mass is 525 g/mol. The van der Waals surface area contributed by atoms with E-state index in [0.717, 1.165) is 6.42 Å². The first kappa shape index (κ1) is 25.4. The van der Waals surface area contributed by atoms with Crippen LogP contribution in [-0.2, 0) is 9.53 Å². The third kappa shape index (κ3) is 4.75. The van der Waals surface area contributed by atoms with Crippen LogP contribution in [0.2, 0.25) is 5.02 Å². The van der Waals surface area contributed by atoms with E-state index in [1.165, 1.54) is 6.33 Å². The van der Waals surface area contributed by atoms with Crippen LogP contribution < -0.4 is 10.2 Å². The molecule has 5 heterocycles. The van der Waals surface area contributed by atoms with E-state index in [9.17, 15) is 9.59 Å². The third-order valence-electron chi connectivity index (χ3n) is 6.73. The summed E-state index contributed by atoms with van der Waals surface area (Å²) in [6, 6.07) is 2.97. The number of ether oxygens (including phenoxy) is 1.